The van der Waals surface area contributed by atoms with Gasteiger partial charge >= 0.3 is 0 Å². The van der Waals surface area contributed by atoms with E-state index in [0.29, 0.717) is 18.8 Å². The zero-order valence-electron chi connectivity index (χ0n) is 18.6. The minimum Gasteiger partial charge on any atom is -0.493 e. The van der Waals surface area contributed by atoms with Crippen molar-refractivity contribution in [1.82, 2.24) is 0 Å². The van der Waals surface area contributed by atoms with Gasteiger partial charge in [-0.1, -0.05) is 42.5 Å². The van der Waals surface area contributed by atoms with E-state index in [-0.39, 0.29) is 5.91 Å². The summed E-state index contributed by atoms with van der Waals surface area (Å²) in [6.07, 6.45) is 0. The normalized spacial score (nSPS) is 10.7. The number of aryl methyl sites for hydroxylation is 2. The molecule has 4 aromatic carbocycles. The molecule has 0 aliphatic heterocycles. The van der Waals surface area contributed by atoms with Crippen molar-refractivity contribution in [1.29, 1.82) is 0 Å². The molecule has 0 fully saturated rings. The van der Waals surface area contributed by atoms with E-state index in [0.717, 1.165) is 44.6 Å². The average molecular weight is 426 g/mol. The maximum atomic E-state index is 12.9. The van der Waals surface area contributed by atoms with E-state index < -0.39 is 0 Å². The molecule has 0 aromatic heterocycles. The standard InChI is InChI=1S/C28H27NO3/c1-4-31-26-13-12-22(28(30)29-24-15-19(2)14-20(3)16-24)17-23(26)18-32-27-11-7-9-21-8-5-6-10-25(21)27/h5-17H,4,18H2,1-3H3,(H,29,30). The van der Waals surface area contributed by atoms with Crippen molar-refractivity contribution in [3.63, 3.8) is 0 Å². The van der Waals surface area contributed by atoms with Crippen molar-refractivity contribution in [2.24, 2.45) is 0 Å². The molecule has 4 nitrogen and oxygen atoms in total. The van der Waals surface area contributed by atoms with Crippen molar-refractivity contribution in [2.75, 3.05) is 11.9 Å². The van der Waals surface area contributed by atoms with Gasteiger partial charge in [-0.2, -0.15) is 0 Å². The Balaban J connectivity index is 1.58. The number of hydrogen-bond donors (Lipinski definition) is 1. The van der Waals surface area contributed by atoms with Gasteiger partial charge in [0, 0.05) is 22.2 Å². The number of rotatable bonds is 7. The van der Waals surface area contributed by atoms with Crippen LogP contribution in [0.5, 0.6) is 11.5 Å². The first-order valence-corrected chi connectivity index (χ1v) is 10.8. The van der Waals surface area contributed by atoms with Gasteiger partial charge < -0.3 is 14.8 Å². The molecule has 0 spiro atoms. The molecule has 0 saturated carbocycles. The molecule has 0 atom stereocenters. The fourth-order valence-electron chi connectivity index (χ4n) is 3.86. The quantitative estimate of drug-likeness (QED) is 0.359. The van der Waals surface area contributed by atoms with Gasteiger partial charge in [0.15, 0.2) is 0 Å². The molecule has 4 aromatic rings. The van der Waals surface area contributed by atoms with Gasteiger partial charge in [0.1, 0.15) is 18.1 Å². The number of anilines is 1. The summed E-state index contributed by atoms with van der Waals surface area (Å²) < 4.78 is 12.0. The summed E-state index contributed by atoms with van der Waals surface area (Å²) in [7, 11) is 0. The highest BCUT2D eigenvalue weighted by molar-refractivity contribution is 6.04. The van der Waals surface area contributed by atoms with Crippen LogP contribution in [0.3, 0.4) is 0 Å². The molecule has 1 amide bonds. The smallest absolute Gasteiger partial charge is 0.255 e. The number of carbonyl (C=O) groups excluding carboxylic acids is 1. The molecule has 4 heteroatoms. The van der Waals surface area contributed by atoms with Crippen molar-refractivity contribution in [2.45, 2.75) is 27.4 Å². The zero-order valence-corrected chi connectivity index (χ0v) is 18.6. The summed E-state index contributed by atoms with van der Waals surface area (Å²) in [5, 5.41) is 5.17. The van der Waals surface area contributed by atoms with E-state index in [4.69, 9.17) is 9.47 Å². The van der Waals surface area contributed by atoms with Gasteiger partial charge in [0.05, 0.1) is 6.61 Å². The van der Waals surface area contributed by atoms with Crippen molar-refractivity contribution in [3.8, 4) is 11.5 Å². The molecule has 162 valence electrons. The molecule has 0 aliphatic rings. The van der Waals surface area contributed by atoms with Crippen molar-refractivity contribution >= 4 is 22.4 Å². The van der Waals surface area contributed by atoms with E-state index in [1.54, 1.807) is 6.07 Å². The second kappa shape index (κ2) is 9.56. The molecule has 0 aliphatic carbocycles. The molecule has 32 heavy (non-hydrogen) atoms. The molecule has 0 saturated heterocycles. The first kappa shape index (κ1) is 21.4. The predicted molar refractivity (Wildman–Crippen MR) is 130 cm³/mol. The Morgan fingerprint density at radius 3 is 2.34 bits per heavy atom. The summed E-state index contributed by atoms with van der Waals surface area (Å²) in [4.78, 5) is 12.9. The summed E-state index contributed by atoms with van der Waals surface area (Å²) in [6, 6.07) is 25.6. The van der Waals surface area contributed by atoms with Crippen LogP contribution in [-0.2, 0) is 6.61 Å². The average Bonchev–Trinajstić information content (AvgIpc) is 2.78. The Labute approximate surface area is 188 Å². The van der Waals surface area contributed by atoms with E-state index in [9.17, 15) is 4.79 Å². The lowest BCUT2D eigenvalue weighted by molar-refractivity contribution is 0.102. The Morgan fingerprint density at radius 1 is 0.812 bits per heavy atom. The van der Waals surface area contributed by atoms with Crippen LogP contribution in [0.25, 0.3) is 10.8 Å². The highest BCUT2D eigenvalue weighted by Gasteiger charge is 2.13. The molecule has 0 heterocycles. The molecule has 0 unspecified atom stereocenters. The molecule has 1 N–H and O–H groups in total. The molecule has 4 rings (SSSR count). The number of nitrogens with one attached hydrogen (secondary N) is 1. The number of benzene rings is 4. The van der Waals surface area contributed by atoms with Gasteiger partial charge in [0.2, 0.25) is 0 Å². The van der Waals surface area contributed by atoms with Crippen LogP contribution in [0.15, 0.2) is 78.9 Å². The first-order valence-electron chi connectivity index (χ1n) is 10.8. The number of ether oxygens (including phenoxy) is 2. The van der Waals surface area contributed by atoms with Crippen LogP contribution < -0.4 is 14.8 Å². The summed E-state index contributed by atoms with van der Waals surface area (Å²) in [5.74, 6) is 1.36. The highest BCUT2D eigenvalue weighted by atomic mass is 16.5. The van der Waals surface area contributed by atoms with Crippen LogP contribution >= 0.6 is 0 Å². The van der Waals surface area contributed by atoms with Crippen LogP contribution in [-0.4, -0.2) is 12.5 Å². The minimum atomic E-state index is -0.163. The number of carbonyl (C=O) groups is 1. The monoisotopic (exact) mass is 425 g/mol. The maximum Gasteiger partial charge on any atom is 0.255 e. The maximum absolute atomic E-state index is 12.9. The molecule has 0 radical (unpaired) electrons. The van der Waals surface area contributed by atoms with Crippen molar-refractivity contribution in [3.05, 3.63) is 101 Å². The lowest BCUT2D eigenvalue weighted by Crippen LogP contribution is -2.13. The van der Waals surface area contributed by atoms with E-state index in [1.807, 2.05) is 75.4 Å². The highest BCUT2D eigenvalue weighted by Crippen LogP contribution is 2.28. The number of fused-ring (bicyclic) bond motifs is 1. The Kier molecular flexibility index (Phi) is 6.41. The first-order chi connectivity index (χ1) is 15.5. The largest absolute Gasteiger partial charge is 0.493 e. The third-order valence-electron chi connectivity index (χ3n) is 5.23. The fraction of sp³-hybridized carbons (Fsp3) is 0.179. The third-order valence-corrected chi connectivity index (χ3v) is 5.23. The van der Waals surface area contributed by atoms with Crippen LogP contribution in [0.1, 0.15) is 34.0 Å². The number of amides is 1. The third kappa shape index (κ3) is 4.92. The summed E-state index contributed by atoms with van der Waals surface area (Å²) in [6.45, 7) is 6.81. The van der Waals surface area contributed by atoms with E-state index >= 15 is 0 Å². The Bertz CT molecular complexity index is 1240. The van der Waals surface area contributed by atoms with Crippen LogP contribution in [0.4, 0.5) is 5.69 Å². The SMILES string of the molecule is CCOc1ccc(C(=O)Nc2cc(C)cc(C)c2)cc1COc1cccc2ccccc12. The topological polar surface area (TPSA) is 47.6 Å². The van der Waals surface area contributed by atoms with E-state index in [2.05, 4.69) is 23.5 Å². The summed E-state index contributed by atoms with van der Waals surface area (Å²) in [5.41, 5.74) is 4.39. The molecular formula is C28H27NO3. The van der Waals surface area contributed by atoms with Gasteiger partial charge in [-0.3, -0.25) is 4.79 Å². The van der Waals surface area contributed by atoms with Crippen LogP contribution in [0.2, 0.25) is 0 Å². The predicted octanol–water partition coefficient (Wildman–Crippen LogP) is 6.69. The number of hydrogen-bond acceptors (Lipinski definition) is 3. The molecule has 0 bridgehead atoms. The summed E-state index contributed by atoms with van der Waals surface area (Å²) >= 11 is 0. The van der Waals surface area contributed by atoms with Gasteiger partial charge in [-0.05, 0) is 73.7 Å². The fourth-order valence-corrected chi connectivity index (χ4v) is 3.86. The second-order valence-electron chi connectivity index (χ2n) is 7.85. The lowest BCUT2D eigenvalue weighted by atomic mass is 10.1. The van der Waals surface area contributed by atoms with Gasteiger partial charge in [0.25, 0.3) is 5.91 Å². The lowest BCUT2D eigenvalue weighted by Gasteiger charge is -2.15. The van der Waals surface area contributed by atoms with Crippen molar-refractivity contribution < 1.29 is 14.3 Å². The molecular weight excluding hydrogens is 398 g/mol. The van der Waals surface area contributed by atoms with Gasteiger partial charge in [-0.25, -0.2) is 0 Å². The Morgan fingerprint density at radius 2 is 1.56 bits per heavy atom. The second-order valence-corrected chi connectivity index (χ2v) is 7.85. The van der Waals surface area contributed by atoms with Gasteiger partial charge in [-0.15, -0.1) is 0 Å². The zero-order chi connectivity index (χ0) is 22.5. The minimum absolute atomic E-state index is 0.163. The van der Waals surface area contributed by atoms with Crippen LogP contribution in [0, 0.1) is 13.8 Å². The van der Waals surface area contributed by atoms with E-state index in [1.165, 1.54) is 0 Å². The Hall–Kier alpha value is -3.79.